The number of hydrogen-bond donors (Lipinski definition) is 1. The van der Waals surface area contributed by atoms with E-state index in [0.29, 0.717) is 11.0 Å². The highest BCUT2D eigenvalue weighted by Gasteiger charge is 2.27. The van der Waals surface area contributed by atoms with Crippen LogP contribution in [0.2, 0.25) is 0 Å². The normalized spacial score (nSPS) is 11.5. The number of amides is 1. The highest BCUT2D eigenvalue weighted by molar-refractivity contribution is 9.10. The van der Waals surface area contributed by atoms with Gasteiger partial charge in [-0.05, 0) is 49.2 Å². The van der Waals surface area contributed by atoms with Crippen molar-refractivity contribution in [2.45, 2.75) is 25.2 Å². The van der Waals surface area contributed by atoms with E-state index in [-0.39, 0.29) is 5.75 Å². The molecule has 1 heterocycles. The predicted molar refractivity (Wildman–Crippen MR) is 114 cm³/mol. The zero-order valence-electron chi connectivity index (χ0n) is 16.1. The summed E-state index contributed by atoms with van der Waals surface area (Å²) in [6.07, 6.45) is -4.45. The Labute approximate surface area is 184 Å². The molecule has 0 saturated heterocycles. The fraction of sp³-hybridized carbons (Fsp3) is 0.250. The number of aromatic nitrogens is 3. The SMILES string of the molecule is Cc1cc(C)cc(-n2c(SCC(=O)NCC(F)(F)F)nnc2-c2ccc(Br)cc2)c1. The van der Waals surface area contributed by atoms with Gasteiger partial charge in [0.1, 0.15) is 6.54 Å². The Hall–Kier alpha value is -2.33. The first-order valence-electron chi connectivity index (χ1n) is 8.88. The van der Waals surface area contributed by atoms with Gasteiger partial charge in [-0.1, -0.05) is 45.9 Å². The van der Waals surface area contributed by atoms with Gasteiger partial charge in [0, 0.05) is 10.0 Å². The van der Waals surface area contributed by atoms with Crippen molar-refractivity contribution in [2.24, 2.45) is 0 Å². The second kappa shape index (κ2) is 9.22. The van der Waals surface area contributed by atoms with E-state index in [1.807, 2.05) is 66.2 Å². The van der Waals surface area contributed by atoms with Crippen molar-refractivity contribution in [1.29, 1.82) is 0 Å². The van der Waals surface area contributed by atoms with E-state index in [2.05, 4.69) is 26.1 Å². The first-order chi connectivity index (χ1) is 14.1. The summed E-state index contributed by atoms with van der Waals surface area (Å²) in [7, 11) is 0. The third-order valence-corrected chi connectivity index (χ3v) is 5.48. The predicted octanol–water partition coefficient (Wildman–Crippen LogP) is 5.08. The highest BCUT2D eigenvalue weighted by Crippen LogP contribution is 2.29. The Balaban J connectivity index is 1.93. The summed E-state index contributed by atoms with van der Waals surface area (Å²) < 4.78 is 39.7. The lowest BCUT2D eigenvalue weighted by Crippen LogP contribution is -2.34. The lowest BCUT2D eigenvalue weighted by atomic mass is 10.1. The van der Waals surface area contributed by atoms with E-state index in [1.165, 1.54) is 0 Å². The summed E-state index contributed by atoms with van der Waals surface area (Å²) >= 11 is 4.44. The number of carbonyl (C=O) groups is 1. The van der Waals surface area contributed by atoms with E-state index in [4.69, 9.17) is 0 Å². The van der Waals surface area contributed by atoms with Gasteiger partial charge >= 0.3 is 6.18 Å². The second-order valence-corrected chi connectivity index (χ2v) is 8.53. The van der Waals surface area contributed by atoms with Crippen molar-refractivity contribution < 1.29 is 18.0 Å². The van der Waals surface area contributed by atoms with E-state index in [9.17, 15) is 18.0 Å². The summed E-state index contributed by atoms with van der Waals surface area (Å²) in [5.41, 5.74) is 3.71. The van der Waals surface area contributed by atoms with Crippen molar-refractivity contribution in [1.82, 2.24) is 20.1 Å². The topological polar surface area (TPSA) is 59.8 Å². The van der Waals surface area contributed by atoms with E-state index < -0.39 is 18.6 Å². The van der Waals surface area contributed by atoms with Gasteiger partial charge in [-0.3, -0.25) is 9.36 Å². The molecule has 0 aliphatic rings. The lowest BCUT2D eigenvalue weighted by molar-refractivity contribution is -0.136. The molecule has 3 aromatic rings. The van der Waals surface area contributed by atoms with Gasteiger partial charge in [-0.25, -0.2) is 0 Å². The van der Waals surface area contributed by atoms with Crippen molar-refractivity contribution in [2.75, 3.05) is 12.3 Å². The Morgan fingerprint density at radius 2 is 1.73 bits per heavy atom. The fourth-order valence-electron chi connectivity index (χ4n) is 2.84. The molecule has 2 aromatic carbocycles. The largest absolute Gasteiger partial charge is 0.405 e. The summed E-state index contributed by atoms with van der Waals surface area (Å²) in [5, 5.41) is 10.8. The van der Waals surface area contributed by atoms with Gasteiger partial charge in [-0.15, -0.1) is 10.2 Å². The van der Waals surface area contributed by atoms with Crippen LogP contribution in [-0.4, -0.2) is 39.1 Å². The van der Waals surface area contributed by atoms with Crippen LogP contribution in [0.3, 0.4) is 0 Å². The Kier molecular flexibility index (Phi) is 6.87. The number of rotatable bonds is 6. The number of carbonyl (C=O) groups excluding carboxylic acids is 1. The first kappa shape index (κ1) is 22.4. The van der Waals surface area contributed by atoms with E-state index >= 15 is 0 Å². The molecular formula is C20H18BrF3N4OS. The molecule has 1 amide bonds. The van der Waals surface area contributed by atoms with Crippen molar-refractivity contribution in [3.05, 3.63) is 58.1 Å². The molecule has 0 saturated carbocycles. The van der Waals surface area contributed by atoms with Crippen LogP contribution < -0.4 is 5.32 Å². The summed E-state index contributed by atoms with van der Waals surface area (Å²) in [5.74, 6) is -0.359. The number of halogens is 4. The second-order valence-electron chi connectivity index (χ2n) is 6.67. The third-order valence-electron chi connectivity index (χ3n) is 4.02. The molecule has 10 heteroatoms. The van der Waals surface area contributed by atoms with Gasteiger partial charge in [0.25, 0.3) is 0 Å². The lowest BCUT2D eigenvalue weighted by Gasteiger charge is -2.12. The number of thioether (sulfide) groups is 1. The van der Waals surface area contributed by atoms with Gasteiger partial charge in [0.2, 0.25) is 5.91 Å². The molecule has 0 radical (unpaired) electrons. The maximum Gasteiger partial charge on any atom is 0.405 e. The maximum atomic E-state index is 12.3. The first-order valence-corrected chi connectivity index (χ1v) is 10.7. The zero-order valence-corrected chi connectivity index (χ0v) is 18.5. The molecule has 30 heavy (non-hydrogen) atoms. The molecule has 0 bridgehead atoms. The van der Waals surface area contributed by atoms with Crippen molar-refractivity contribution in [3.8, 4) is 17.1 Å². The quantitative estimate of drug-likeness (QED) is 0.481. The Bertz CT molecular complexity index is 1030. The van der Waals surface area contributed by atoms with E-state index in [1.54, 1.807) is 0 Å². The third kappa shape index (κ3) is 5.85. The average Bonchev–Trinajstić information content (AvgIpc) is 3.08. The van der Waals surface area contributed by atoms with Crippen LogP contribution in [0.15, 0.2) is 52.1 Å². The van der Waals surface area contributed by atoms with Crippen LogP contribution in [0, 0.1) is 13.8 Å². The number of aryl methyl sites for hydroxylation is 2. The molecular weight excluding hydrogens is 481 g/mol. The maximum absolute atomic E-state index is 12.3. The standard InChI is InChI=1S/C20H18BrF3N4OS/c1-12-7-13(2)9-16(8-12)28-18(14-3-5-15(21)6-4-14)26-27-19(28)30-10-17(29)25-11-20(22,23)24/h3-9H,10-11H2,1-2H3,(H,25,29). The van der Waals surface area contributed by atoms with Crippen molar-refractivity contribution >= 4 is 33.6 Å². The number of hydrogen-bond acceptors (Lipinski definition) is 4. The summed E-state index contributed by atoms with van der Waals surface area (Å²) in [6, 6.07) is 13.5. The molecule has 0 fully saturated rings. The summed E-state index contributed by atoms with van der Waals surface area (Å²) in [6.45, 7) is 2.58. The van der Waals surface area contributed by atoms with Gasteiger partial charge in [0.05, 0.1) is 11.4 Å². The molecule has 1 N–H and O–H groups in total. The minimum Gasteiger partial charge on any atom is -0.346 e. The van der Waals surface area contributed by atoms with Crippen LogP contribution in [-0.2, 0) is 4.79 Å². The molecule has 1 aromatic heterocycles. The Morgan fingerprint density at radius 1 is 1.10 bits per heavy atom. The fourth-order valence-corrected chi connectivity index (χ4v) is 3.89. The molecule has 0 aliphatic carbocycles. The number of nitrogens with zero attached hydrogens (tertiary/aromatic N) is 3. The van der Waals surface area contributed by atoms with Crippen LogP contribution in [0.25, 0.3) is 17.1 Å². The number of nitrogens with one attached hydrogen (secondary N) is 1. The molecule has 0 aliphatic heterocycles. The minimum atomic E-state index is -4.45. The van der Waals surface area contributed by atoms with E-state index in [0.717, 1.165) is 38.6 Å². The monoisotopic (exact) mass is 498 g/mol. The molecule has 0 unspecified atom stereocenters. The van der Waals surface area contributed by atoms with Crippen LogP contribution in [0.4, 0.5) is 13.2 Å². The van der Waals surface area contributed by atoms with Crippen molar-refractivity contribution in [3.63, 3.8) is 0 Å². The van der Waals surface area contributed by atoms with Gasteiger partial charge in [-0.2, -0.15) is 13.2 Å². The molecule has 3 rings (SSSR count). The van der Waals surface area contributed by atoms with Gasteiger partial charge in [0.15, 0.2) is 11.0 Å². The Morgan fingerprint density at radius 3 is 2.33 bits per heavy atom. The van der Waals surface area contributed by atoms with Crippen LogP contribution >= 0.6 is 27.7 Å². The van der Waals surface area contributed by atoms with Gasteiger partial charge < -0.3 is 5.32 Å². The molecule has 158 valence electrons. The highest BCUT2D eigenvalue weighted by atomic mass is 79.9. The smallest absolute Gasteiger partial charge is 0.346 e. The minimum absolute atomic E-state index is 0.209. The number of benzene rings is 2. The number of alkyl halides is 3. The molecule has 5 nitrogen and oxygen atoms in total. The summed E-state index contributed by atoms with van der Waals surface area (Å²) in [4.78, 5) is 11.8. The molecule has 0 spiro atoms. The van der Waals surface area contributed by atoms with Crippen LogP contribution in [0.5, 0.6) is 0 Å². The zero-order chi connectivity index (χ0) is 21.9. The molecule has 0 atom stereocenters. The van der Waals surface area contributed by atoms with Crippen LogP contribution in [0.1, 0.15) is 11.1 Å². The average molecular weight is 499 g/mol.